The first-order valence-electron chi connectivity index (χ1n) is 6.77. The third-order valence-corrected chi connectivity index (χ3v) is 4.43. The van der Waals surface area contributed by atoms with Crippen molar-refractivity contribution in [1.82, 2.24) is 9.71 Å². The summed E-state index contributed by atoms with van der Waals surface area (Å²) in [5.74, 6) is -0.846. The molecule has 0 saturated carbocycles. The summed E-state index contributed by atoms with van der Waals surface area (Å²) in [5.41, 5.74) is 1.07. The molecular formula is C13H16N4O5S2. The molecule has 2 rings (SSSR count). The minimum atomic E-state index is -3.77. The van der Waals surface area contributed by atoms with Crippen LogP contribution in [-0.4, -0.2) is 36.4 Å². The first kappa shape index (κ1) is 18.2. The Morgan fingerprint density at radius 3 is 2.62 bits per heavy atom. The van der Waals surface area contributed by atoms with E-state index in [2.05, 4.69) is 14.9 Å². The molecule has 2 N–H and O–H groups in total. The van der Waals surface area contributed by atoms with E-state index < -0.39 is 26.7 Å². The first-order valence-corrected chi connectivity index (χ1v) is 9.43. The van der Waals surface area contributed by atoms with Crippen LogP contribution in [0.4, 0.5) is 6.01 Å². The van der Waals surface area contributed by atoms with Gasteiger partial charge < -0.3 is 9.73 Å². The molecule has 1 heterocycles. The predicted octanol–water partition coefficient (Wildman–Crippen LogP) is 1.88. The lowest BCUT2D eigenvalue weighted by molar-refractivity contribution is -0.120. The van der Waals surface area contributed by atoms with Crippen molar-refractivity contribution in [2.45, 2.75) is 24.6 Å². The molecule has 0 radical (unpaired) electrons. The fraction of sp³-hybridized carbons (Fsp3) is 0.385. The average Bonchev–Trinajstić information content (AvgIpc) is 2.85. The molecule has 1 amide bonds. The van der Waals surface area contributed by atoms with Crippen LogP contribution in [0, 0.1) is 4.91 Å². The number of oxazole rings is 1. The summed E-state index contributed by atoms with van der Waals surface area (Å²) in [6.07, 6.45) is 0.861. The fourth-order valence-corrected chi connectivity index (χ4v) is 2.95. The molecule has 0 aliphatic heterocycles. The van der Waals surface area contributed by atoms with Gasteiger partial charge in [0.05, 0.1) is 11.0 Å². The molecule has 2 aromatic rings. The predicted molar refractivity (Wildman–Crippen MR) is 91.9 cm³/mol. The van der Waals surface area contributed by atoms with E-state index in [1.165, 1.54) is 0 Å². The largest absolute Gasteiger partial charge is 0.424 e. The molecule has 0 spiro atoms. The number of rotatable bonds is 7. The lowest BCUT2D eigenvalue weighted by Crippen LogP contribution is -2.52. The van der Waals surface area contributed by atoms with E-state index in [1.807, 2.05) is 4.72 Å². The zero-order valence-corrected chi connectivity index (χ0v) is 14.8. The molecule has 0 saturated heterocycles. The Balaban J connectivity index is 2.34. The number of para-hydroxylation sites is 2. The Labute approximate surface area is 142 Å². The molecule has 130 valence electrons. The van der Waals surface area contributed by atoms with Gasteiger partial charge in [0.2, 0.25) is 10.0 Å². The van der Waals surface area contributed by atoms with Gasteiger partial charge in [-0.2, -0.15) is 4.98 Å². The molecule has 0 fully saturated rings. The zero-order chi connectivity index (χ0) is 18.0. The number of carbonyl (C=O) groups excluding carboxylic acids is 1. The zero-order valence-electron chi connectivity index (χ0n) is 13.1. The van der Waals surface area contributed by atoms with Crippen LogP contribution in [-0.2, 0) is 14.8 Å². The van der Waals surface area contributed by atoms with E-state index in [0.29, 0.717) is 23.0 Å². The third kappa shape index (κ3) is 4.45. The number of sulfonamides is 1. The molecule has 0 aliphatic carbocycles. The second-order valence-corrected chi connectivity index (χ2v) is 8.70. The average molecular weight is 372 g/mol. The highest BCUT2D eigenvalue weighted by atomic mass is 32.2. The summed E-state index contributed by atoms with van der Waals surface area (Å²) in [4.78, 5) is 27.1. The van der Waals surface area contributed by atoms with Gasteiger partial charge in [-0.05, 0) is 26.0 Å². The molecule has 1 atom stereocenters. The van der Waals surface area contributed by atoms with E-state index in [0.717, 1.165) is 6.26 Å². The Bertz CT molecular complexity index is 829. The topological polar surface area (TPSA) is 131 Å². The van der Waals surface area contributed by atoms with Gasteiger partial charge in [0, 0.05) is 16.5 Å². The summed E-state index contributed by atoms with van der Waals surface area (Å²) in [5, 5.41) is 2.74. The molecule has 24 heavy (non-hydrogen) atoms. The number of benzene rings is 1. The Morgan fingerprint density at radius 1 is 1.38 bits per heavy atom. The first-order chi connectivity index (χ1) is 11.1. The number of nitrogens with one attached hydrogen (secondary N) is 2. The molecule has 9 nitrogen and oxygen atoms in total. The number of anilines is 1. The van der Waals surface area contributed by atoms with Gasteiger partial charge in [-0.15, -0.1) is 4.91 Å². The number of nitroso groups, excluding NO2 is 1. The van der Waals surface area contributed by atoms with E-state index >= 15 is 0 Å². The molecule has 0 bridgehead atoms. The van der Waals surface area contributed by atoms with Gasteiger partial charge in [-0.25, -0.2) is 8.42 Å². The normalized spacial score (nSPS) is 13.5. The van der Waals surface area contributed by atoms with Crippen molar-refractivity contribution >= 4 is 45.0 Å². The lowest BCUT2D eigenvalue weighted by atomic mass is 10.0. The Kier molecular flexibility index (Phi) is 5.13. The van der Waals surface area contributed by atoms with Gasteiger partial charge in [0.1, 0.15) is 11.6 Å². The number of nitrogens with zero attached hydrogens (tertiary/aromatic N) is 2. The number of hydrogen-bond donors (Lipinski definition) is 2. The monoisotopic (exact) mass is 372 g/mol. The summed E-state index contributed by atoms with van der Waals surface area (Å²) in [6, 6.07) is 5.86. The van der Waals surface area contributed by atoms with Crippen molar-refractivity contribution in [3.63, 3.8) is 0 Å². The summed E-state index contributed by atoms with van der Waals surface area (Å²) >= 11 is 0.604. The van der Waals surface area contributed by atoms with Crippen LogP contribution in [0.1, 0.15) is 13.8 Å². The van der Waals surface area contributed by atoms with Gasteiger partial charge in [0.25, 0.3) is 11.9 Å². The second-order valence-electron chi connectivity index (χ2n) is 5.57. The highest BCUT2D eigenvalue weighted by molar-refractivity contribution is 7.99. The summed E-state index contributed by atoms with van der Waals surface area (Å²) in [7, 11) is -3.77. The molecule has 1 unspecified atom stereocenters. The maximum Gasteiger partial charge on any atom is 0.296 e. The standard InChI is InChI=1S/C13H16N4O5S2/c1-13(2,23-17-19)10(11(18)16-24(3,20)21)15-12-14-8-6-4-5-7-9(8)22-12/h4-7,10H,1-3H3,(H,14,15)(H,16,18). The highest BCUT2D eigenvalue weighted by Gasteiger charge is 2.39. The van der Waals surface area contributed by atoms with Crippen LogP contribution < -0.4 is 10.0 Å². The molecule has 1 aromatic heterocycles. The number of hydrogen-bond acceptors (Lipinski definition) is 9. The van der Waals surface area contributed by atoms with Crippen LogP contribution >= 0.6 is 11.9 Å². The van der Waals surface area contributed by atoms with Crippen molar-refractivity contribution in [2.75, 3.05) is 11.6 Å². The van der Waals surface area contributed by atoms with Crippen molar-refractivity contribution in [2.24, 2.45) is 4.58 Å². The molecule has 1 aromatic carbocycles. The van der Waals surface area contributed by atoms with Gasteiger partial charge >= 0.3 is 0 Å². The summed E-state index contributed by atoms with van der Waals surface area (Å²) < 4.78 is 31.7. The van der Waals surface area contributed by atoms with E-state index in [1.54, 1.807) is 38.1 Å². The van der Waals surface area contributed by atoms with E-state index in [4.69, 9.17) is 4.42 Å². The Hall–Kier alpha value is -2.14. The van der Waals surface area contributed by atoms with Crippen LogP contribution in [0.3, 0.4) is 0 Å². The second kappa shape index (κ2) is 6.77. The minimum Gasteiger partial charge on any atom is -0.424 e. The smallest absolute Gasteiger partial charge is 0.296 e. The third-order valence-electron chi connectivity index (χ3n) is 3.08. The van der Waals surface area contributed by atoms with E-state index in [9.17, 15) is 18.1 Å². The van der Waals surface area contributed by atoms with Crippen molar-refractivity contribution < 1.29 is 17.6 Å². The molecule has 11 heteroatoms. The molecule has 0 aliphatic rings. The highest BCUT2D eigenvalue weighted by Crippen LogP contribution is 2.31. The van der Waals surface area contributed by atoms with Gasteiger partial charge in [0.15, 0.2) is 5.58 Å². The maximum absolute atomic E-state index is 12.3. The molecular weight excluding hydrogens is 356 g/mol. The number of amides is 1. The lowest BCUT2D eigenvalue weighted by Gasteiger charge is -2.29. The van der Waals surface area contributed by atoms with Crippen LogP contribution in [0.15, 0.2) is 33.3 Å². The minimum absolute atomic E-state index is 0.0319. The number of carbonyl (C=O) groups is 1. The van der Waals surface area contributed by atoms with Crippen LogP contribution in [0.5, 0.6) is 0 Å². The SMILES string of the molecule is CC(C)(SN=O)C(Nc1nc2ccccc2o1)C(=O)NS(C)(=O)=O. The number of aromatic nitrogens is 1. The van der Waals surface area contributed by atoms with Gasteiger partial charge in [-0.1, -0.05) is 12.1 Å². The number of fused-ring (bicyclic) bond motifs is 1. The fourth-order valence-electron chi connectivity index (χ4n) is 2.00. The maximum atomic E-state index is 12.3. The van der Waals surface area contributed by atoms with E-state index in [-0.39, 0.29) is 6.01 Å². The summed E-state index contributed by atoms with van der Waals surface area (Å²) in [6.45, 7) is 3.14. The van der Waals surface area contributed by atoms with Crippen LogP contribution in [0.2, 0.25) is 0 Å². The van der Waals surface area contributed by atoms with Crippen molar-refractivity contribution in [3.05, 3.63) is 29.2 Å². The van der Waals surface area contributed by atoms with Crippen LogP contribution in [0.25, 0.3) is 11.1 Å². The van der Waals surface area contributed by atoms with Crippen molar-refractivity contribution in [3.8, 4) is 0 Å². The quantitative estimate of drug-likeness (QED) is 0.556. The van der Waals surface area contributed by atoms with Gasteiger partial charge in [-0.3, -0.25) is 9.52 Å². The van der Waals surface area contributed by atoms with Crippen molar-refractivity contribution in [1.29, 1.82) is 0 Å². The Morgan fingerprint density at radius 2 is 2.04 bits per heavy atom.